The zero-order chi connectivity index (χ0) is 21.8. The van der Waals surface area contributed by atoms with Crippen LogP contribution < -0.4 is 16.6 Å². The lowest BCUT2D eigenvalue weighted by atomic mass is 10.1. The first-order chi connectivity index (χ1) is 14.3. The number of carbonyl (C=O) groups excluding carboxylic acids is 1. The van der Waals surface area contributed by atoms with Crippen LogP contribution in [0.25, 0.3) is 5.69 Å². The first-order valence-corrected chi connectivity index (χ1v) is 10.0. The summed E-state index contributed by atoms with van der Waals surface area (Å²) in [4.78, 5) is 38.9. The number of rotatable bonds is 6. The Morgan fingerprint density at radius 1 is 1.17 bits per heavy atom. The molecule has 3 aromatic rings. The van der Waals surface area contributed by atoms with E-state index in [0.717, 1.165) is 20.4 Å². The number of hydrogen-bond donors (Lipinski definition) is 1. The van der Waals surface area contributed by atoms with Gasteiger partial charge in [-0.2, -0.15) is 9.78 Å². The largest absolute Gasteiger partial charge is 0.352 e. The molecule has 0 spiro atoms. The Hall–Kier alpha value is -3.19. The normalized spacial score (nSPS) is 11.9. The average Bonchev–Trinajstić information content (AvgIpc) is 2.72. The minimum absolute atomic E-state index is 0.0269. The van der Waals surface area contributed by atoms with Gasteiger partial charge >= 0.3 is 5.69 Å². The van der Waals surface area contributed by atoms with Crippen LogP contribution in [0.4, 0.5) is 0 Å². The summed E-state index contributed by atoms with van der Waals surface area (Å²) in [5, 5.41) is 7.33. The van der Waals surface area contributed by atoms with Crippen LogP contribution in [0.15, 0.2) is 58.1 Å². The number of nitrogens with zero attached hydrogens (tertiary/aromatic N) is 3. The zero-order valence-corrected chi connectivity index (χ0v) is 17.8. The second-order valence-corrected chi connectivity index (χ2v) is 7.62. The van der Waals surface area contributed by atoms with Crippen LogP contribution in [0.3, 0.4) is 0 Å². The Morgan fingerprint density at radius 2 is 1.87 bits per heavy atom. The lowest BCUT2D eigenvalue weighted by molar-refractivity contribution is 0.0929. The molecule has 2 aromatic carbocycles. The second kappa shape index (κ2) is 9.09. The van der Waals surface area contributed by atoms with Gasteiger partial charge < -0.3 is 5.32 Å². The number of amides is 1. The van der Waals surface area contributed by atoms with E-state index in [0.29, 0.717) is 17.1 Å². The van der Waals surface area contributed by atoms with Crippen molar-refractivity contribution < 1.29 is 4.79 Å². The molecule has 0 aliphatic carbocycles. The molecule has 156 valence electrons. The molecular formula is C22H23ClN4O3. The van der Waals surface area contributed by atoms with Crippen molar-refractivity contribution >= 4 is 17.5 Å². The fraction of sp³-hybridized carbons (Fsp3) is 0.273. The van der Waals surface area contributed by atoms with E-state index in [9.17, 15) is 14.4 Å². The maximum Gasteiger partial charge on any atom is 0.352 e. The molecule has 1 atom stereocenters. The molecule has 0 bridgehead atoms. The third-order valence-corrected chi connectivity index (χ3v) is 5.01. The number of carbonyl (C=O) groups is 1. The number of aryl methyl sites for hydroxylation is 1. The fourth-order valence-corrected chi connectivity index (χ4v) is 3.06. The van der Waals surface area contributed by atoms with Crippen LogP contribution in [-0.4, -0.2) is 26.3 Å². The molecule has 1 N–H and O–H groups in total. The van der Waals surface area contributed by atoms with Gasteiger partial charge in [0.1, 0.15) is 0 Å². The Morgan fingerprint density at radius 3 is 2.50 bits per heavy atom. The minimum atomic E-state index is -0.729. The van der Waals surface area contributed by atoms with Gasteiger partial charge in [0.25, 0.3) is 11.5 Å². The van der Waals surface area contributed by atoms with Crippen molar-refractivity contribution in [3.8, 4) is 5.69 Å². The van der Waals surface area contributed by atoms with Crippen molar-refractivity contribution in [2.75, 3.05) is 0 Å². The summed E-state index contributed by atoms with van der Waals surface area (Å²) >= 11 is 5.95. The quantitative estimate of drug-likeness (QED) is 0.656. The number of halogens is 1. The number of benzene rings is 2. The molecule has 1 amide bonds. The van der Waals surface area contributed by atoms with Gasteiger partial charge in [-0.05, 0) is 50.1 Å². The van der Waals surface area contributed by atoms with Gasteiger partial charge in [-0.15, -0.1) is 0 Å². The summed E-state index contributed by atoms with van der Waals surface area (Å²) in [7, 11) is 0. The molecule has 7 nitrogen and oxygen atoms in total. The van der Waals surface area contributed by atoms with Crippen LogP contribution in [0.5, 0.6) is 0 Å². The highest BCUT2D eigenvalue weighted by Crippen LogP contribution is 2.11. The molecular weight excluding hydrogens is 404 g/mol. The van der Waals surface area contributed by atoms with Gasteiger partial charge in [-0.25, -0.2) is 4.79 Å². The van der Waals surface area contributed by atoms with Gasteiger partial charge in [0.15, 0.2) is 0 Å². The predicted molar refractivity (Wildman–Crippen MR) is 117 cm³/mol. The monoisotopic (exact) mass is 426 g/mol. The summed E-state index contributed by atoms with van der Waals surface area (Å²) in [6.45, 7) is 5.70. The summed E-state index contributed by atoms with van der Waals surface area (Å²) in [6.07, 6.45) is 0.694. The number of aromatic nitrogens is 3. The van der Waals surface area contributed by atoms with Crippen molar-refractivity contribution in [1.82, 2.24) is 19.7 Å². The first kappa shape index (κ1) is 21.5. The first-order valence-electron chi connectivity index (χ1n) is 9.66. The van der Waals surface area contributed by atoms with E-state index < -0.39 is 17.2 Å². The van der Waals surface area contributed by atoms with Crippen molar-refractivity contribution in [3.05, 3.63) is 91.2 Å². The highest BCUT2D eigenvalue weighted by atomic mass is 35.5. The highest BCUT2D eigenvalue weighted by molar-refractivity contribution is 6.30. The maximum atomic E-state index is 13.1. The van der Waals surface area contributed by atoms with E-state index in [1.807, 2.05) is 45.0 Å². The smallest absolute Gasteiger partial charge is 0.348 e. The average molecular weight is 427 g/mol. The lowest BCUT2D eigenvalue weighted by Gasteiger charge is -2.14. The van der Waals surface area contributed by atoms with Crippen molar-refractivity contribution in [2.24, 2.45) is 0 Å². The van der Waals surface area contributed by atoms with Crippen molar-refractivity contribution in [1.29, 1.82) is 0 Å². The van der Waals surface area contributed by atoms with Crippen molar-refractivity contribution in [2.45, 2.75) is 39.8 Å². The molecule has 1 unspecified atom stereocenters. The van der Waals surface area contributed by atoms with E-state index in [1.54, 1.807) is 24.3 Å². The molecule has 0 aliphatic heterocycles. The van der Waals surface area contributed by atoms with Gasteiger partial charge in [0, 0.05) is 11.1 Å². The molecule has 3 rings (SSSR count). The van der Waals surface area contributed by atoms with E-state index in [4.69, 9.17) is 11.6 Å². The van der Waals surface area contributed by atoms with Gasteiger partial charge in [-0.3, -0.25) is 14.2 Å². The SMILES string of the molecule is CCC(C)NC(=O)c1nn(-c2ccc(Cl)cc2)c(=O)n(Cc2cccc(C)c2)c1=O. The van der Waals surface area contributed by atoms with Crippen LogP contribution in [0.2, 0.25) is 5.02 Å². The minimum Gasteiger partial charge on any atom is -0.348 e. The van der Waals surface area contributed by atoms with Crippen LogP contribution in [-0.2, 0) is 6.54 Å². The Balaban J connectivity index is 2.18. The maximum absolute atomic E-state index is 13.1. The Labute approximate surface area is 178 Å². The van der Waals surface area contributed by atoms with Gasteiger partial charge in [0.05, 0.1) is 12.2 Å². The van der Waals surface area contributed by atoms with Crippen molar-refractivity contribution in [3.63, 3.8) is 0 Å². The topological polar surface area (TPSA) is 86.0 Å². The van der Waals surface area contributed by atoms with E-state index >= 15 is 0 Å². The highest BCUT2D eigenvalue weighted by Gasteiger charge is 2.21. The summed E-state index contributed by atoms with van der Waals surface area (Å²) in [5.41, 5.74) is 0.479. The molecule has 0 fully saturated rings. The predicted octanol–water partition coefficient (Wildman–Crippen LogP) is 2.93. The van der Waals surface area contributed by atoms with E-state index in [-0.39, 0.29) is 18.3 Å². The van der Waals surface area contributed by atoms with E-state index in [2.05, 4.69) is 10.4 Å². The Kier molecular flexibility index (Phi) is 6.52. The summed E-state index contributed by atoms with van der Waals surface area (Å²) in [6, 6.07) is 13.8. The summed E-state index contributed by atoms with van der Waals surface area (Å²) < 4.78 is 2.08. The number of nitrogens with one attached hydrogen (secondary N) is 1. The zero-order valence-electron chi connectivity index (χ0n) is 17.1. The third-order valence-electron chi connectivity index (χ3n) is 4.76. The fourth-order valence-electron chi connectivity index (χ4n) is 2.93. The molecule has 0 radical (unpaired) electrons. The Bertz CT molecular complexity index is 1180. The molecule has 30 heavy (non-hydrogen) atoms. The molecule has 8 heteroatoms. The molecule has 0 saturated heterocycles. The molecule has 1 heterocycles. The second-order valence-electron chi connectivity index (χ2n) is 7.18. The lowest BCUT2D eigenvalue weighted by Crippen LogP contribution is -2.47. The van der Waals surface area contributed by atoms with Crippen LogP contribution in [0.1, 0.15) is 41.9 Å². The van der Waals surface area contributed by atoms with Crippen LogP contribution >= 0.6 is 11.6 Å². The molecule has 0 saturated carbocycles. The standard InChI is InChI=1S/C22H23ClN4O3/c1-4-15(3)24-20(28)19-21(29)26(13-16-7-5-6-14(2)12-16)22(30)27(25-19)18-10-8-17(23)9-11-18/h5-12,15H,4,13H2,1-3H3,(H,24,28). The van der Waals surface area contributed by atoms with Crippen LogP contribution in [0, 0.1) is 6.92 Å². The molecule has 0 aliphatic rings. The van der Waals surface area contributed by atoms with Gasteiger partial charge in [-0.1, -0.05) is 48.4 Å². The van der Waals surface area contributed by atoms with E-state index in [1.165, 1.54) is 0 Å². The number of hydrogen-bond acceptors (Lipinski definition) is 4. The third kappa shape index (κ3) is 4.68. The van der Waals surface area contributed by atoms with Gasteiger partial charge in [0.2, 0.25) is 5.69 Å². The molecule has 1 aromatic heterocycles. The summed E-state index contributed by atoms with van der Waals surface area (Å²) in [5.74, 6) is -0.616.